The van der Waals surface area contributed by atoms with Gasteiger partial charge in [0.25, 0.3) is 0 Å². The molecule has 1 aliphatic carbocycles. The molecule has 138 valence electrons. The molecule has 25 heavy (non-hydrogen) atoms. The maximum Gasteiger partial charge on any atom is 0.391 e. The summed E-state index contributed by atoms with van der Waals surface area (Å²) in [4.78, 5) is 24.0. The van der Waals surface area contributed by atoms with Crippen molar-refractivity contribution in [1.29, 1.82) is 0 Å². The zero-order valence-corrected chi connectivity index (χ0v) is 14.2. The van der Waals surface area contributed by atoms with Gasteiger partial charge in [-0.25, -0.2) is 4.79 Å². The first-order chi connectivity index (χ1) is 11.6. The number of carbonyl (C=O) groups excluding carboxylic acids is 1. The molecule has 0 aromatic heterocycles. The second-order valence-electron chi connectivity index (χ2n) is 6.67. The van der Waals surface area contributed by atoms with Gasteiger partial charge in [-0.15, -0.1) is 0 Å². The zero-order chi connectivity index (χ0) is 18.8. The van der Waals surface area contributed by atoms with Crippen molar-refractivity contribution in [2.45, 2.75) is 51.7 Å². The monoisotopic (exact) mass is 357 g/mol. The number of carboxylic acids is 1. The van der Waals surface area contributed by atoms with E-state index in [1.165, 1.54) is 0 Å². The Balaban J connectivity index is 2.16. The first-order valence-corrected chi connectivity index (χ1v) is 8.27. The van der Waals surface area contributed by atoms with Crippen molar-refractivity contribution in [3.8, 4) is 0 Å². The van der Waals surface area contributed by atoms with E-state index in [0.29, 0.717) is 18.4 Å². The van der Waals surface area contributed by atoms with Crippen LogP contribution < -0.4 is 5.32 Å². The van der Waals surface area contributed by atoms with Crippen LogP contribution in [0.1, 0.15) is 48.4 Å². The van der Waals surface area contributed by atoms with E-state index >= 15 is 0 Å². The molecule has 0 aliphatic heterocycles. The molecule has 2 N–H and O–H groups in total. The van der Waals surface area contributed by atoms with Crippen molar-refractivity contribution >= 4 is 11.9 Å². The number of alkyl halides is 3. The highest BCUT2D eigenvalue weighted by Crippen LogP contribution is 2.40. The Kier molecular flexibility index (Phi) is 5.75. The number of aryl methyl sites for hydroxylation is 1. The molecule has 2 rings (SSSR count). The highest BCUT2D eigenvalue weighted by atomic mass is 19.4. The molecule has 0 saturated heterocycles. The number of benzene rings is 1. The van der Waals surface area contributed by atoms with Gasteiger partial charge in [0.15, 0.2) is 6.04 Å². The summed E-state index contributed by atoms with van der Waals surface area (Å²) in [6.45, 7) is 3.59. The molecule has 0 spiro atoms. The minimum atomic E-state index is -4.32. The molecule has 0 heterocycles. The third kappa shape index (κ3) is 4.52. The van der Waals surface area contributed by atoms with Gasteiger partial charge in [0.05, 0.1) is 5.92 Å². The van der Waals surface area contributed by atoms with E-state index in [-0.39, 0.29) is 12.8 Å². The second kappa shape index (κ2) is 7.45. The molecule has 1 aromatic rings. The van der Waals surface area contributed by atoms with Crippen molar-refractivity contribution in [3.05, 3.63) is 34.9 Å². The van der Waals surface area contributed by atoms with E-state index in [1.54, 1.807) is 19.1 Å². The predicted octanol–water partition coefficient (Wildman–Crippen LogP) is 3.91. The number of carboxylic acid groups (broad SMARTS) is 1. The summed E-state index contributed by atoms with van der Waals surface area (Å²) in [5.74, 6) is -4.17. The van der Waals surface area contributed by atoms with E-state index in [2.05, 4.69) is 5.32 Å². The number of halogens is 3. The Morgan fingerprint density at radius 2 is 1.92 bits per heavy atom. The molecule has 4 nitrogen and oxygen atoms in total. The topological polar surface area (TPSA) is 66.4 Å². The van der Waals surface area contributed by atoms with Gasteiger partial charge in [-0.1, -0.05) is 24.6 Å². The fourth-order valence-electron chi connectivity index (χ4n) is 3.34. The summed E-state index contributed by atoms with van der Waals surface area (Å²) < 4.78 is 38.7. The van der Waals surface area contributed by atoms with Gasteiger partial charge in [-0.2, -0.15) is 13.2 Å². The molecule has 1 aliphatic rings. The molecule has 0 radical (unpaired) electrons. The summed E-state index contributed by atoms with van der Waals surface area (Å²) in [5.41, 5.74) is 2.07. The van der Waals surface area contributed by atoms with Crippen LogP contribution in [0.4, 0.5) is 13.2 Å². The van der Waals surface area contributed by atoms with Gasteiger partial charge in [-0.3, -0.25) is 4.79 Å². The Bertz CT molecular complexity index is 657. The molecule has 3 unspecified atom stereocenters. The molecule has 1 aromatic carbocycles. The molecule has 1 saturated carbocycles. The van der Waals surface area contributed by atoms with Crippen molar-refractivity contribution < 1.29 is 27.9 Å². The maximum atomic E-state index is 12.9. The molecule has 7 heteroatoms. The summed E-state index contributed by atoms with van der Waals surface area (Å²) in [7, 11) is 0. The Labute approximate surface area is 144 Å². The highest BCUT2D eigenvalue weighted by molar-refractivity contribution is 5.86. The van der Waals surface area contributed by atoms with Crippen molar-refractivity contribution in [1.82, 2.24) is 5.32 Å². The number of carbonyl (C=O) groups is 2. The maximum absolute atomic E-state index is 12.9. The number of hydrogen-bond donors (Lipinski definition) is 2. The van der Waals surface area contributed by atoms with Crippen LogP contribution in [0.25, 0.3) is 0 Å². The quantitative estimate of drug-likeness (QED) is 0.858. The van der Waals surface area contributed by atoms with Crippen LogP contribution in [0.3, 0.4) is 0 Å². The summed E-state index contributed by atoms with van der Waals surface area (Å²) in [6, 6.07) is 3.87. The number of rotatable bonds is 4. The van der Waals surface area contributed by atoms with E-state index in [9.17, 15) is 27.9 Å². The third-order valence-corrected chi connectivity index (χ3v) is 5.00. The van der Waals surface area contributed by atoms with E-state index in [0.717, 1.165) is 11.1 Å². The van der Waals surface area contributed by atoms with Gasteiger partial charge in [-0.05, 0) is 49.8 Å². The first-order valence-electron chi connectivity index (χ1n) is 8.27. The second-order valence-corrected chi connectivity index (χ2v) is 6.67. The average molecular weight is 357 g/mol. The van der Waals surface area contributed by atoms with Crippen molar-refractivity contribution in [2.24, 2.45) is 11.8 Å². The number of amides is 1. The highest BCUT2D eigenvalue weighted by Gasteiger charge is 2.44. The van der Waals surface area contributed by atoms with Crippen molar-refractivity contribution in [2.75, 3.05) is 0 Å². The van der Waals surface area contributed by atoms with Crippen LogP contribution in [0.15, 0.2) is 18.2 Å². The fourth-order valence-corrected chi connectivity index (χ4v) is 3.34. The van der Waals surface area contributed by atoms with Crippen LogP contribution >= 0.6 is 0 Å². The molecule has 1 fully saturated rings. The van der Waals surface area contributed by atoms with Crippen LogP contribution in [0.5, 0.6) is 0 Å². The Morgan fingerprint density at radius 1 is 1.24 bits per heavy atom. The lowest BCUT2D eigenvalue weighted by Crippen LogP contribution is -2.41. The number of hydrogen-bond acceptors (Lipinski definition) is 2. The SMILES string of the molecule is Cc1cccc(C(NC(=O)C2CCCC(C(F)(F)F)C2)C(=O)O)c1C. The molecular weight excluding hydrogens is 335 g/mol. The van der Waals surface area contributed by atoms with Crippen LogP contribution in [0.2, 0.25) is 0 Å². The zero-order valence-electron chi connectivity index (χ0n) is 14.2. The number of nitrogens with one attached hydrogen (secondary N) is 1. The smallest absolute Gasteiger partial charge is 0.391 e. The minimum Gasteiger partial charge on any atom is -0.479 e. The molecule has 1 amide bonds. The van der Waals surface area contributed by atoms with Gasteiger partial charge in [0, 0.05) is 5.92 Å². The minimum absolute atomic E-state index is 0.0205. The summed E-state index contributed by atoms with van der Waals surface area (Å²) in [5, 5.41) is 11.9. The lowest BCUT2D eigenvalue weighted by molar-refractivity contribution is -0.186. The van der Waals surface area contributed by atoms with Crippen LogP contribution in [-0.4, -0.2) is 23.2 Å². The van der Waals surface area contributed by atoms with Gasteiger partial charge >= 0.3 is 12.1 Å². The fraction of sp³-hybridized carbons (Fsp3) is 0.556. The van der Waals surface area contributed by atoms with Crippen LogP contribution in [-0.2, 0) is 9.59 Å². The van der Waals surface area contributed by atoms with Gasteiger partial charge in [0.2, 0.25) is 5.91 Å². The third-order valence-electron chi connectivity index (χ3n) is 5.00. The Morgan fingerprint density at radius 3 is 2.52 bits per heavy atom. The molecule has 0 bridgehead atoms. The van der Waals surface area contributed by atoms with E-state index in [4.69, 9.17) is 0 Å². The number of aliphatic carboxylic acids is 1. The van der Waals surface area contributed by atoms with Crippen LogP contribution in [0, 0.1) is 25.7 Å². The van der Waals surface area contributed by atoms with E-state index < -0.39 is 35.9 Å². The molecular formula is C18H22F3NO3. The average Bonchev–Trinajstić information content (AvgIpc) is 2.54. The lowest BCUT2D eigenvalue weighted by Gasteiger charge is -2.30. The summed E-state index contributed by atoms with van der Waals surface area (Å²) in [6.07, 6.45) is -3.93. The first kappa shape index (κ1) is 19.3. The van der Waals surface area contributed by atoms with Gasteiger partial charge < -0.3 is 10.4 Å². The van der Waals surface area contributed by atoms with Gasteiger partial charge in [0.1, 0.15) is 0 Å². The summed E-state index contributed by atoms with van der Waals surface area (Å²) >= 11 is 0. The molecule has 3 atom stereocenters. The predicted molar refractivity (Wildman–Crippen MR) is 85.9 cm³/mol. The standard InChI is InChI=1S/C18H22F3NO3/c1-10-5-3-8-14(11(10)2)15(17(24)25)22-16(23)12-6-4-7-13(9-12)18(19,20)21/h3,5,8,12-13,15H,4,6-7,9H2,1-2H3,(H,22,23)(H,24,25). The van der Waals surface area contributed by atoms with Crippen molar-refractivity contribution in [3.63, 3.8) is 0 Å². The Hall–Kier alpha value is -2.05. The largest absolute Gasteiger partial charge is 0.479 e. The normalized spacial score (nSPS) is 22.3. The lowest BCUT2D eigenvalue weighted by atomic mass is 9.80. The van der Waals surface area contributed by atoms with E-state index in [1.807, 2.05) is 13.0 Å².